The summed E-state index contributed by atoms with van der Waals surface area (Å²) in [7, 11) is 0. The Bertz CT molecular complexity index is 478. The topological polar surface area (TPSA) is 41.6 Å². The quantitative estimate of drug-likeness (QED) is 0.786. The van der Waals surface area contributed by atoms with Crippen LogP contribution in [-0.2, 0) is 4.79 Å². The van der Waals surface area contributed by atoms with E-state index in [0.29, 0.717) is 6.04 Å². The average Bonchev–Trinajstić information content (AvgIpc) is 2.55. The Morgan fingerprint density at radius 3 is 2.52 bits per heavy atom. The maximum Gasteiger partial charge on any atom is 0.263 e. The number of halogens is 2. The number of hydrogen-bond donors (Lipinski definition) is 1. The van der Waals surface area contributed by atoms with Gasteiger partial charge in [-0.1, -0.05) is 22.9 Å². The van der Waals surface area contributed by atoms with Gasteiger partial charge in [-0.05, 0) is 63.5 Å². The van der Waals surface area contributed by atoms with Gasteiger partial charge < -0.3 is 15.0 Å². The van der Waals surface area contributed by atoms with Crippen LogP contribution in [0.5, 0.6) is 5.75 Å². The van der Waals surface area contributed by atoms with Crippen LogP contribution in [0.1, 0.15) is 33.1 Å². The fourth-order valence-electron chi connectivity index (χ4n) is 2.83. The van der Waals surface area contributed by atoms with E-state index in [1.807, 2.05) is 36.1 Å². The Morgan fingerprint density at radius 2 is 1.96 bits per heavy atom. The highest BCUT2D eigenvalue weighted by Crippen LogP contribution is 2.19. The zero-order valence-corrected chi connectivity index (χ0v) is 16.2. The highest BCUT2D eigenvalue weighted by molar-refractivity contribution is 9.10. The second-order valence-electron chi connectivity index (χ2n) is 5.73. The predicted molar refractivity (Wildman–Crippen MR) is 99.4 cm³/mol. The summed E-state index contributed by atoms with van der Waals surface area (Å²) in [6, 6.07) is 7.93. The van der Waals surface area contributed by atoms with E-state index in [4.69, 9.17) is 4.74 Å². The Labute approximate surface area is 153 Å². The first-order valence-electron chi connectivity index (χ1n) is 8.05. The molecule has 1 fully saturated rings. The number of piperidine rings is 1. The Balaban J connectivity index is 0.00000264. The van der Waals surface area contributed by atoms with E-state index >= 15 is 0 Å². The van der Waals surface area contributed by atoms with Crippen LogP contribution in [0.25, 0.3) is 0 Å². The fourth-order valence-corrected chi connectivity index (χ4v) is 3.10. The maximum absolute atomic E-state index is 12.8. The third-order valence-corrected chi connectivity index (χ3v) is 4.50. The summed E-state index contributed by atoms with van der Waals surface area (Å²) in [5.74, 6) is 0.822. The molecule has 1 aromatic carbocycles. The molecular formula is C17H26BrClN2O2. The molecule has 0 radical (unpaired) electrons. The molecular weight excluding hydrogens is 380 g/mol. The number of rotatable bonds is 6. The van der Waals surface area contributed by atoms with E-state index in [0.717, 1.165) is 49.1 Å². The first kappa shape index (κ1) is 20.3. The van der Waals surface area contributed by atoms with Crippen molar-refractivity contribution in [3.63, 3.8) is 0 Å². The van der Waals surface area contributed by atoms with Crippen LogP contribution in [0.4, 0.5) is 0 Å². The standard InChI is InChI=1S/C17H25BrN2O2.ClH/c1-3-12-20(15-8-10-19-11-9-15)17(21)13(2)22-16-6-4-14(18)5-7-16;/h4-7,13,15,19H,3,8-12H2,1-2H3;1H. The molecule has 1 aromatic rings. The molecule has 1 heterocycles. The number of nitrogens with one attached hydrogen (secondary N) is 1. The van der Waals surface area contributed by atoms with Crippen LogP contribution >= 0.6 is 28.3 Å². The highest BCUT2D eigenvalue weighted by atomic mass is 79.9. The van der Waals surface area contributed by atoms with Gasteiger partial charge >= 0.3 is 0 Å². The van der Waals surface area contributed by atoms with Gasteiger partial charge in [-0.2, -0.15) is 0 Å². The van der Waals surface area contributed by atoms with Gasteiger partial charge in [0.2, 0.25) is 0 Å². The molecule has 1 atom stereocenters. The summed E-state index contributed by atoms with van der Waals surface area (Å²) in [5.41, 5.74) is 0. The Kier molecular flexibility index (Phi) is 8.95. The van der Waals surface area contributed by atoms with Crippen molar-refractivity contribution in [3.8, 4) is 5.75 Å². The summed E-state index contributed by atoms with van der Waals surface area (Å²) in [4.78, 5) is 14.8. The lowest BCUT2D eigenvalue weighted by Crippen LogP contribution is -2.50. The normalized spacial score (nSPS) is 16.3. The van der Waals surface area contributed by atoms with Crippen LogP contribution in [0.2, 0.25) is 0 Å². The summed E-state index contributed by atoms with van der Waals surface area (Å²) in [6.07, 6.45) is 2.57. The number of benzene rings is 1. The molecule has 1 saturated heterocycles. The van der Waals surface area contributed by atoms with Crippen molar-refractivity contribution < 1.29 is 9.53 Å². The predicted octanol–water partition coefficient (Wildman–Crippen LogP) is 3.63. The third kappa shape index (κ3) is 5.98. The minimum Gasteiger partial charge on any atom is -0.481 e. The molecule has 1 aliphatic heterocycles. The Morgan fingerprint density at radius 1 is 1.35 bits per heavy atom. The van der Waals surface area contributed by atoms with Crippen molar-refractivity contribution in [2.75, 3.05) is 19.6 Å². The molecule has 1 N–H and O–H groups in total. The van der Waals surface area contributed by atoms with Gasteiger partial charge in [0.05, 0.1) is 0 Å². The Hall–Kier alpha value is -0.780. The molecule has 1 aliphatic rings. The van der Waals surface area contributed by atoms with Crippen molar-refractivity contribution in [3.05, 3.63) is 28.7 Å². The lowest BCUT2D eigenvalue weighted by molar-refractivity contribution is -0.141. The van der Waals surface area contributed by atoms with Crippen LogP contribution in [0, 0.1) is 0 Å². The molecule has 6 heteroatoms. The molecule has 1 unspecified atom stereocenters. The molecule has 1 amide bonds. The number of carbonyl (C=O) groups excluding carboxylic acids is 1. The lowest BCUT2D eigenvalue weighted by Gasteiger charge is -2.36. The monoisotopic (exact) mass is 404 g/mol. The summed E-state index contributed by atoms with van der Waals surface area (Å²) in [6.45, 7) is 6.73. The van der Waals surface area contributed by atoms with Crippen LogP contribution < -0.4 is 10.1 Å². The van der Waals surface area contributed by atoms with Crippen molar-refractivity contribution in [1.82, 2.24) is 10.2 Å². The first-order valence-corrected chi connectivity index (χ1v) is 8.84. The smallest absolute Gasteiger partial charge is 0.263 e. The fraction of sp³-hybridized carbons (Fsp3) is 0.588. The maximum atomic E-state index is 12.8. The van der Waals surface area contributed by atoms with Crippen molar-refractivity contribution in [1.29, 1.82) is 0 Å². The number of ether oxygens (including phenoxy) is 1. The molecule has 4 nitrogen and oxygen atoms in total. The zero-order valence-electron chi connectivity index (χ0n) is 13.8. The van der Waals surface area contributed by atoms with Gasteiger partial charge in [0.1, 0.15) is 5.75 Å². The van der Waals surface area contributed by atoms with Gasteiger partial charge in [-0.25, -0.2) is 0 Å². The van der Waals surface area contributed by atoms with Crippen LogP contribution in [-0.4, -0.2) is 42.6 Å². The number of nitrogens with zero attached hydrogens (tertiary/aromatic N) is 1. The van der Waals surface area contributed by atoms with E-state index in [1.54, 1.807) is 0 Å². The molecule has 0 bridgehead atoms. The molecule has 23 heavy (non-hydrogen) atoms. The van der Waals surface area contributed by atoms with Crippen molar-refractivity contribution >= 4 is 34.2 Å². The van der Waals surface area contributed by atoms with Gasteiger partial charge in [0.15, 0.2) is 6.10 Å². The second kappa shape index (κ2) is 10.2. The van der Waals surface area contributed by atoms with Gasteiger partial charge in [-0.15, -0.1) is 12.4 Å². The summed E-state index contributed by atoms with van der Waals surface area (Å²) < 4.78 is 6.82. The van der Waals surface area contributed by atoms with Gasteiger partial charge in [0, 0.05) is 17.1 Å². The summed E-state index contributed by atoms with van der Waals surface area (Å²) in [5, 5.41) is 3.35. The highest BCUT2D eigenvalue weighted by Gasteiger charge is 2.28. The van der Waals surface area contributed by atoms with E-state index in [1.165, 1.54) is 0 Å². The van der Waals surface area contributed by atoms with Gasteiger partial charge in [0.25, 0.3) is 5.91 Å². The van der Waals surface area contributed by atoms with Crippen molar-refractivity contribution in [2.24, 2.45) is 0 Å². The SMILES string of the molecule is CCCN(C(=O)C(C)Oc1ccc(Br)cc1)C1CCNCC1.Cl. The number of carbonyl (C=O) groups is 1. The van der Waals surface area contributed by atoms with E-state index < -0.39 is 6.10 Å². The number of hydrogen-bond acceptors (Lipinski definition) is 3. The van der Waals surface area contributed by atoms with E-state index in [2.05, 4.69) is 28.2 Å². The molecule has 2 rings (SSSR count). The molecule has 0 aliphatic carbocycles. The van der Waals surface area contributed by atoms with E-state index in [-0.39, 0.29) is 18.3 Å². The van der Waals surface area contributed by atoms with Gasteiger partial charge in [-0.3, -0.25) is 4.79 Å². The number of amides is 1. The minimum atomic E-state index is -0.456. The summed E-state index contributed by atoms with van der Waals surface area (Å²) >= 11 is 3.40. The molecule has 0 aromatic heterocycles. The largest absolute Gasteiger partial charge is 0.481 e. The first-order chi connectivity index (χ1) is 10.6. The van der Waals surface area contributed by atoms with E-state index in [9.17, 15) is 4.79 Å². The average molecular weight is 406 g/mol. The van der Waals surface area contributed by atoms with Crippen LogP contribution in [0.3, 0.4) is 0 Å². The lowest BCUT2D eigenvalue weighted by atomic mass is 10.0. The van der Waals surface area contributed by atoms with Crippen molar-refractivity contribution in [2.45, 2.75) is 45.3 Å². The third-order valence-electron chi connectivity index (χ3n) is 3.97. The second-order valence-corrected chi connectivity index (χ2v) is 6.64. The van der Waals surface area contributed by atoms with Crippen LogP contribution in [0.15, 0.2) is 28.7 Å². The molecule has 0 saturated carbocycles. The molecule has 0 spiro atoms. The molecule has 130 valence electrons. The zero-order chi connectivity index (χ0) is 15.9. The minimum absolute atomic E-state index is 0.